The molecule has 0 heterocycles. The van der Waals surface area contributed by atoms with Crippen LogP contribution in [0, 0.1) is 6.92 Å². The smallest absolute Gasteiger partial charge is 0.0465 e. The van der Waals surface area contributed by atoms with Gasteiger partial charge >= 0.3 is 0 Å². The second kappa shape index (κ2) is 15.4. The fourth-order valence-electron chi connectivity index (χ4n) is 9.15. The number of rotatable bonds is 10. The lowest BCUT2D eigenvalue weighted by Crippen LogP contribution is -2.24. The molecule has 0 radical (unpaired) electrons. The van der Waals surface area contributed by atoms with Crippen molar-refractivity contribution in [2.45, 2.75) is 65.7 Å². The standard InChI is InChI=1S/C56H53N/c1-9-42(29-27-38(4)41-28-26-40(6)52(34-41)39(5)19-11-10-18-37(2)3)57(44-31-33-51-50-24-16-17-25-54(50)56(7,8)55(51)36-44)43-30-32-49-47-22-13-12-20-45(47)46-21-14-15-23-48(46)53(49)35-43/h9-30,32,34-36,39H,1-2,31,33H2,3-8H3/b18-10-,19-11-,38-27+,42-29+. The molecule has 0 aliphatic heterocycles. The van der Waals surface area contributed by atoms with Crippen LogP contribution in [0.25, 0.3) is 43.5 Å². The van der Waals surface area contributed by atoms with E-state index in [4.69, 9.17) is 0 Å². The first-order chi connectivity index (χ1) is 27.6. The van der Waals surface area contributed by atoms with Gasteiger partial charge in [0, 0.05) is 22.5 Å². The van der Waals surface area contributed by atoms with Crippen molar-refractivity contribution in [3.63, 3.8) is 0 Å². The van der Waals surface area contributed by atoms with Gasteiger partial charge in [-0.05, 0) is 147 Å². The maximum Gasteiger partial charge on any atom is 0.0465 e. The van der Waals surface area contributed by atoms with E-state index < -0.39 is 0 Å². The van der Waals surface area contributed by atoms with Gasteiger partial charge in [-0.15, -0.1) is 0 Å². The Bertz CT molecular complexity index is 2750. The number of allylic oxidation sites excluding steroid dienone is 13. The van der Waals surface area contributed by atoms with Crippen LogP contribution in [0.4, 0.5) is 5.69 Å². The fourth-order valence-corrected chi connectivity index (χ4v) is 9.15. The summed E-state index contributed by atoms with van der Waals surface area (Å²) in [6, 6.07) is 40.6. The zero-order valence-corrected chi connectivity index (χ0v) is 34.4. The van der Waals surface area contributed by atoms with Crippen molar-refractivity contribution in [1.82, 2.24) is 0 Å². The first-order valence-electron chi connectivity index (χ1n) is 20.4. The van der Waals surface area contributed by atoms with Crippen LogP contribution < -0.4 is 4.90 Å². The summed E-state index contributed by atoms with van der Waals surface area (Å²) in [6.07, 6.45) is 19.5. The van der Waals surface area contributed by atoms with Crippen molar-refractivity contribution in [3.05, 3.63) is 221 Å². The minimum absolute atomic E-state index is 0.0767. The van der Waals surface area contributed by atoms with E-state index in [0.717, 1.165) is 29.8 Å². The van der Waals surface area contributed by atoms with Gasteiger partial charge in [0.25, 0.3) is 0 Å². The molecule has 2 aliphatic carbocycles. The monoisotopic (exact) mass is 739 g/mol. The predicted molar refractivity (Wildman–Crippen MR) is 250 cm³/mol. The van der Waals surface area contributed by atoms with E-state index in [0.29, 0.717) is 0 Å². The van der Waals surface area contributed by atoms with Gasteiger partial charge in [-0.2, -0.15) is 0 Å². The first kappa shape index (κ1) is 37.7. The maximum absolute atomic E-state index is 4.43. The minimum Gasteiger partial charge on any atom is -0.314 e. The molecule has 57 heavy (non-hydrogen) atoms. The summed E-state index contributed by atoms with van der Waals surface area (Å²) in [5.74, 6) is 0.284. The highest BCUT2D eigenvalue weighted by molar-refractivity contribution is 6.25. The predicted octanol–water partition coefficient (Wildman–Crippen LogP) is 15.6. The Morgan fingerprint density at radius 3 is 2.07 bits per heavy atom. The van der Waals surface area contributed by atoms with Gasteiger partial charge in [0.05, 0.1) is 0 Å². The zero-order valence-electron chi connectivity index (χ0n) is 34.4. The van der Waals surface area contributed by atoms with E-state index in [9.17, 15) is 0 Å². The third-order valence-corrected chi connectivity index (χ3v) is 12.2. The van der Waals surface area contributed by atoms with E-state index in [1.54, 1.807) is 0 Å². The number of hydrogen-bond donors (Lipinski definition) is 0. The molecule has 0 saturated heterocycles. The number of aryl methyl sites for hydroxylation is 1. The quantitative estimate of drug-likeness (QED) is 0.0999. The molecular weight excluding hydrogens is 687 g/mol. The highest BCUT2D eigenvalue weighted by atomic mass is 15.2. The molecule has 0 N–H and O–H groups in total. The molecule has 282 valence electrons. The summed E-state index contributed by atoms with van der Waals surface area (Å²) < 4.78 is 0. The highest BCUT2D eigenvalue weighted by Crippen LogP contribution is 2.52. The van der Waals surface area contributed by atoms with Gasteiger partial charge in [0.2, 0.25) is 0 Å². The van der Waals surface area contributed by atoms with Crippen LogP contribution in [0.1, 0.15) is 81.2 Å². The van der Waals surface area contributed by atoms with Gasteiger partial charge in [0.1, 0.15) is 0 Å². The summed E-state index contributed by atoms with van der Waals surface area (Å²) in [5, 5.41) is 7.66. The summed E-state index contributed by atoms with van der Waals surface area (Å²) >= 11 is 0. The molecule has 0 saturated carbocycles. The SMILES string of the molecule is C=C/C(=C\C=C(/C)c1ccc(C)c(C(C)/C=C\C=C/C(=C)C)c1)N(C1=CC2=C(CC1)c1ccccc1C2(C)C)c1ccc2c3ccccc3c3ccccc3c2c1. The van der Waals surface area contributed by atoms with Crippen molar-refractivity contribution in [2.24, 2.45) is 0 Å². The second-order valence-electron chi connectivity index (χ2n) is 16.5. The Hall–Kier alpha value is -6.18. The molecule has 1 atom stereocenters. The van der Waals surface area contributed by atoms with E-state index in [1.165, 1.54) is 82.6 Å². The maximum atomic E-state index is 4.43. The molecule has 0 aromatic heterocycles. The molecule has 1 nitrogen and oxygen atoms in total. The third-order valence-electron chi connectivity index (χ3n) is 12.2. The van der Waals surface area contributed by atoms with Gasteiger partial charge in [-0.1, -0.05) is 167 Å². The van der Waals surface area contributed by atoms with Gasteiger partial charge in [-0.3, -0.25) is 0 Å². The molecule has 0 fully saturated rings. The van der Waals surface area contributed by atoms with Crippen LogP contribution in [0.3, 0.4) is 0 Å². The number of hydrogen-bond acceptors (Lipinski definition) is 1. The molecule has 1 unspecified atom stereocenters. The molecule has 6 aromatic rings. The molecule has 0 amide bonds. The highest BCUT2D eigenvalue weighted by Gasteiger charge is 2.38. The minimum atomic E-state index is -0.0767. The average Bonchev–Trinajstić information content (AvgIpc) is 3.46. The number of fused-ring (bicyclic) bond motifs is 8. The largest absolute Gasteiger partial charge is 0.314 e. The van der Waals surface area contributed by atoms with Gasteiger partial charge < -0.3 is 4.90 Å². The molecular formula is C56H53N. The number of nitrogens with zero attached hydrogens (tertiary/aromatic N) is 1. The van der Waals surface area contributed by atoms with Crippen LogP contribution in [-0.4, -0.2) is 0 Å². The van der Waals surface area contributed by atoms with Gasteiger partial charge in [-0.25, -0.2) is 0 Å². The van der Waals surface area contributed by atoms with Crippen LogP contribution in [0.2, 0.25) is 0 Å². The normalized spacial score (nSPS) is 16.1. The number of anilines is 1. The van der Waals surface area contributed by atoms with Crippen molar-refractivity contribution in [1.29, 1.82) is 0 Å². The first-order valence-corrected chi connectivity index (χ1v) is 20.4. The van der Waals surface area contributed by atoms with Gasteiger partial charge in [0.15, 0.2) is 0 Å². The summed E-state index contributed by atoms with van der Waals surface area (Å²) in [4.78, 5) is 2.47. The lowest BCUT2D eigenvalue weighted by molar-refractivity contribution is 0.648. The van der Waals surface area contributed by atoms with Crippen molar-refractivity contribution in [2.75, 3.05) is 4.90 Å². The molecule has 1 heteroatoms. The van der Waals surface area contributed by atoms with Crippen LogP contribution in [0.15, 0.2) is 194 Å². The Labute approximate surface area is 339 Å². The fraction of sp³-hybridized carbons (Fsp3) is 0.179. The molecule has 6 aromatic carbocycles. The van der Waals surface area contributed by atoms with E-state index >= 15 is 0 Å². The third kappa shape index (κ3) is 6.97. The van der Waals surface area contributed by atoms with Crippen molar-refractivity contribution in [3.8, 4) is 0 Å². The lowest BCUT2D eigenvalue weighted by atomic mass is 9.79. The Kier molecular flexibility index (Phi) is 10.2. The Morgan fingerprint density at radius 2 is 1.39 bits per heavy atom. The topological polar surface area (TPSA) is 3.24 Å². The number of benzene rings is 6. The van der Waals surface area contributed by atoms with Crippen LogP contribution in [0.5, 0.6) is 0 Å². The van der Waals surface area contributed by atoms with E-state index in [2.05, 4.69) is 198 Å². The molecule has 8 rings (SSSR count). The van der Waals surface area contributed by atoms with E-state index in [1.807, 2.05) is 19.1 Å². The van der Waals surface area contributed by atoms with Crippen LogP contribution >= 0.6 is 0 Å². The molecule has 2 aliphatic rings. The Morgan fingerprint density at radius 1 is 0.737 bits per heavy atom. The molecule has 0 bridgehead atoms. The van der Waals surface area contributed by atoms with Crippen LogP contribution in [-0.2, 0) is 5.41 Å². The molecule has 0 spiro atoms. The summed E-state index contributed by atoms with van der Waals surface area (Å²) in [7, 11) is 0. The lowest BCUT2D eigenvalue weighted by Gasteiger charge is -2.33. The Balaban J connectivity index is 1.26. The second-order valence-corrected chi connectivity index (χ2v) is 16.5. The van der Waals surface area contributed by atoms with Crippen molar-refractivity contribution >= 4 is 49.2 Å². The summed E-state index contributed by atoms with van der Waals surface area (Å²) in [5.41, 5.74) is 15.3. The van der Waals surface area contributed by atoms with Crippen molar-refractivity contribution < 1.29 is 0 Å². The van der Waals surface area contributed by atoms with E-state index in [-0.39, 0.29) is 11.3 Å². The zero-order chi connectivity index (χ0) is 39.8. The average molecular weight is 740 g/mol. The summed E-state index contributed by atoms with van der Waals surface area (Å²) in [6.45, 7) is 21.9.